The van der Waals surface area contributed by atoms with Crippen LogP contribution in [0.5, 0.6) is 11.5 Å². The van der Waals surface area contributed by atoms with Gasteiger partial charge in [-0.3, -0.25) is 4.72 Å². The topological polar surface area (TPSA) is 113 Å². The summed E-state index contributed by atoms with van der Waals surface area (Å²) in [6.45, 7) is 6.35. The molecular weight excluding hydrogens is 472 g/mol. The van der Waals surface area contributed by atoms with Gasteiger partial charge in [-0.25, -0.2) is 15.0 Å². The van der Waals surface area contributed by atoms with Gasteiger partial charge in [-0.1, -0.05) is 37.6 Å². The van der Waals surface area contributed by atoms with Crippen LogP contribution in [0.2, 0.25) is 0 Å². The van der Waals surface area contributed by atoms with Gasteiger partial charge in [-0.2, -0.15) is 0 Å². The van der Waals surface area contributed by atoms with E-state index in [2.05, 4.69) is 33.1 Å². The number of benzene rings is 1. The van der Waals surface area contributed by atoms with Crippen LogP contribution in [0.25, 0.3) is 22.5 Å². The number of nitrogens with two attached hydrogens (primary N) is 1. The number of hydrogen-bond acceptors (Lipinski definition) is 10. The van der Waals surface area contributed by atoms with Crippen LogP contribution in [0.1, 0.15) is 20.3 Å². The second kappa shape index (κ2) is 10.2. The van der Waals surface area contributed by atoms with Crippen LogP contribution in [0.3, 0.4) is 0 Å². The molecule has 5 rings (SSSR count). The van der Waals surface area contributed by atoms with Crippen molar-refractivity contribution < 1.29 is 13.9 Å². The predicted octanol–water partition coefficient (Wildman–Crippen LogP) is 4.83. The molecule has 1 aliphatic rings. The molecule has 9 nitrogen and oxygen atoms in total. The number of imidazole rings is 1. The molecule has 34 heavy (non-hydrogen) atoms. The van der Waals surface area contributed by atoms with Crippen molar-refractivity contribution in [3.05, 3.63) is 36.9 Å². The molecule has 0 radical (unpaired) electrons. The van der Waals surface area contributed by atoms with E-state index >= 15 is 0 Å². The summed E-state index contributed by atoms with van der Waals surface area (Å²) < 4.78 is 22.4. The van der Waals surface area contributed by atoms with E-state index in [0.717, 1.165) is 52.3 Å². The summed E-state index contributed by atoms with van der Waals surface area (Å²) in [6.07, 6.45) is 4.09. The number of nitrogens with one attached hydrogen (secondary N) is 1. The highest BCUT2D eigenvalue weighted by Crippen LogP contribution is 2.45. The molecule has 0 amide bonds. The van der Waals surface area contributed by atoms with Crippen molar-refractivity contribution in [2.45, 2.75) is 36.9 Å². The molecule has 0 aliphatic carbocycles. The third-order valence-electron chi connectivity index (χ3n) is 5.21. The highest BCUT2D eigenvalue weighted by molar-refractivity contribution is 7.99. The average Bonchev–Trinajstić information content (AvgIpc) is 3.56. The lowest BCUT2D eigenvalue weighted by Gasteiger charge is -2.11. The van der Waals surface area contributed by atoms with Crippen LogP contribution in [0.15, 0.2) is 51.3 Å². The summed E-state index contributed by atoms with van der Waals surface area (Å²) in [5.74, 6) is 4.11. The van der Waals surface area contributed by atoms with Gasteiger partial charge in [0.2, 0.25) is 6.79 Å². The molecule has 0 saturated carbocycles. The van der Waals surface area contributed by atoms with Crippen molar-refractivity contribution in [2.75, 3.05) is 24.8 Å². The Balaban J connectivity index is 1.45. The van der Waals surface area contributed by atoms with E-state index in [0.29, 0.717) is 28.8 Å². The Bertz CT molecular complexity index is 1280. The van der Waals surface area contributed by atoms with Gasteiger partial charge in [0, 0.05) is 29.3 Å². The Labute approximate surface area is 206 Å². The van der Waals surface area contributed by atoms with E-state index < -0.39 is 0 Å². The van der Waals surface area contributed by atoms with E-state index in [9.17, 15) is 0 Å². The van der Waals surface area contributed by atoms with Crippen molar-refractivity contribution in [3.63, 3.8) is 0 Å². The molecule has 0 fully saturated rings. The Hall–Kier alpha value is -2.89. The van der Waals surface area contributed by atoms with Crippen LogP contribution >= 0.6 is 23.7 Å². The molecule has 0 saturated heterocycles. The molecular formula is C23H26N6O3S2. The molecule has 3 N–H and O–H groups in total. The van der Waals surface area contributed by atoms with E-state index in [1.54, 1.807) is 18.2 Å². The second-order valence-electron chi connectivity index (χ2n) is 8.20. The summed E-state index contributed by atoms with van der Waals surface area (Å²) in [6, 6.07) is 7.71. The van der Waals surface area contributed by atoms with Crippen LogP contribution < -0.4 is 19.9 Å². The number of anilines is 1. The van der Waals surface area contributed by atoms with Crippen molar-refractivity contribution in [1.82, 2.24) is 24.2 Å². The maximum Gasteiger partial charge on any atom is 0.231 e. The fourth-order valence-electron chi connectivity index (χ4n) is 3.54. The third-order valence-corrected chi connectivity index (χ3v) is 7.13. The molecule has 0 spiro atoms. The fourth-order valence-corrected chi connectivity index (χ4v) is 5.46. The first-order valence-corrected chi connectivity index (χ1v) is 12.9. The van der Waals surface area contributed by atoms with Crippen molar-refractivity contribution >= 4 is 40.7 Å². The van der Waals surface area contributed by atoms with Gasteiger partial charge in [0.15, 0.2) is 33.6 Å². The van der Waals surface area contributed by atoms with E-state index in [1.165, 1.54) is 18.1 Å². The fraction of sp³-hybridized carbons (Fsp3) is 0.348. The minimum Gasteiger partial charge on any atom is -0.464 e. The molecule has 0 bridgehead atoms. The Kier molecular flexibility index (Phi) is 6.84. The molecule has 1 aliphatic heterocycles. The Morgan fingerprint density at radius 1 is 1.21 bits per heavy atom. The first-order chi connectivity index (χ1) is 16.6. The standard InChI is InChI=1S/C23H26N6O3S2/c1-14(2)11-27-33-8-4-6-29-22-20(21(24)25-12-26-22)28-23(29)34-19-10-18-17(31-13-32-18)9-15(19)16-5-3-7-30-16/h3,5,7,9-10,12,14,27H,4,6,8,11,13H2,1-2H3,(H2,24,25,26). The number of rotatable bonds is 10. The number of hydrogen-bond donors (Lipinski definition) is 2. The van der Waals surface area contributed by atoms with Gasteiger partial charge in [0.25, 0.3) is 0 Å². The summed E-state index contributed by atoms with van der Waals surface area (Å²) in [5.41, 5.74) is 8.38. The molecule has 4 aromatic rings. The molecule has 178 valence electrons. The molecule has 1 aromatic carbocycles. The number of aryl methyl sites for hydroxylation is 1. The number of nitrogens with zero attached hydrogens (tertiary/aromatic N) is 4. The van der Waals surface area contributed by atoms with Crippen LogP contribution in [0.4, 0.5) is 5.82 Å². The summed E-state index contributed by atoms with van der Waals surface area (Å²) >= 11 is 3.27. The van der Waals surface area contributed by atoms with E-state index in [4.69, 9.17) is 24.6 Å². The van der Waals surface area contributed by atoms with Gasteiger partial charge < -0.3 is 24.2 Å². The first-order valence-electron chi connectivity index (χ1n) is 11.1. The second-order valence-corrected chi connectivity index (χ2v) is 10.2. The summed E-state index contributed by atoms with van der Waals surface area (Å²) in [5, 5.41) is 0.786. The average molecular weight is 499 g/mol. The minimum absolute atomic E-state index is 0.203. The van der Waals surface area contributed by atoms with Crippen LogP contribution in [-0.4, -0.2) is 38.6 Å². The summed E-state index contributed by atoms with van der Waals surface area (Å²) in [4.78, 5) is 14.4. The largest absolute Gasteiger partial charge is 0.464 e. The van der Waals surface area contributed by atoms with E-state index in [1.807, 2.05) is 24.3 Å². The molecule has 0 unspecified atom stereocenters. The van der Waals surface area contributed by atoms with Gasteiger partial charge in [-0.15, -0.1) is 0 Å². The number of furan rings is 1. The lowest BCUT2D eigenvalue weighted by molar-refractivity contribution is 0.174. The van der Waals surface area contributed by atoms with Gasteiger partial charge >= 0.3 is 0 Å². The SMILES string of the molecule is CC(C)CNSCCCn1c(Sc2cc3c(cc2-c2ccco2)OCO3)nc2c(N)ncnc21. The van der Waals surface area contributed by atoms with Crippen LogP contribution in [-0.2, 0) is 6.54 Å². The van der Waals surface area contributed by atoms with Crippen molar-refractivity contribution in [1.29, 1.82) is 0 Å². The Morgan fingerprint density at radius 2 is 2.06 bits per heavy atom. The maximum absolute atomic E-state index is 6.13. The third kappa shape index (κ3) is 4.82. The van der Waals surface area contributed by atoms with Gasteiger partial charge in [0.05, 0.1) is 6.26 Å². The van der Waals surface area contributed by atoms with Crippen LogP contribution in [0, 0.1) is 5.92 Å². The highest BCUT2D eigenvalue weighted by Gasteiger charge is 2.23. The first kappa shape index (κ1) is 22.9. The minimum atomic E-state index is 0.203. The number of aromatic nitrogens is 4. The molecule has 4 heterocycles. The zero-order valence-electron chi connectivity index (χ0n) is 19.0. The van der Waals surface area contributed by atoms with Crippen molar-refractivity contribution in [2.24, 2.45) is 5.92 Å². The number of ether oxygens (including phenoxy) is 2. The number of fused-ring (bicyclic) bond motifs is 2. The zero-order valence-corrected chi connectivity index (χ0v) is 20.6. The molecule has 0 atom stereocenters. The normalized spacial score (nSPS) is 12.8. The van der Waals surface area contributed by atoms with E-state index in [-0.39, 0.29) is 6.79 Å². The monoisotopic (exact) mass is 498 g/mol. The lowest BCUT2D eigenvalue weighted by atomic mass is 10.1. The quantitative estimate of drug-likeness (QED) is 0.233. The van der Waals surface area contributed by atoms with Crippen molar-refractivity contribution in [3.8, 4) is 22.8 Å². The zero-order chi connectivity index (χ0) is 23.5. The molecule has 3 aromatic heterocycles. The Morgan fingerprint density at radius 3 is 2.85 bits per heavy atom. The lowest BCUT2D eigenvalue weighted by Crippen LogP contribution is -2.12. The summed E-state index contributed by atoms with van der Waals surface area (Å²) in [7, 11) is 0. The number of nitrogen functional groups attached to an aromatic ring is 1. The predicted molar refractivity (Wildman–Crippen MR) is 134 cm³/mol. The smallest absolute Gasteiger partial charge is 0.231 e. The van der Waals surface area contributed by atoms with Gasteiger partial charge in [-0.05, 0) is 36.6 Å². The van der Waals surface area contributed by atoms with Gasteiger partial charge in [0.1, 0.15) is 12.1 Å². The maximum atomic E-state index is 6.13. The molecule has 11 heteroatoms. The highest BCUT2D eigenvalue weighted by atomic mass is 32.2.